The van der Waals surface area contributed by atoms with Crippen molar-refractivity contribution >= 4 is 29.7 Å². The quantitative estimate of drug-likeness (QED) is 0.773. The maximum atomic E-state index is 5.99. The number of hydrogen-bond donors (Lipinski definition) is 2. The Kier molecular flexibility index (Phi) is 4.27. The van der Waals surface area contributed by atoms with Crippen molar-refractivity contribution in [3.63, 3.8) is 0 Å². The smallest absolute Gasteiger partial charge is 0.155 e. The third-order valence-corrected chi connectivity index (χ3v) is 2.78. The van der Waals surface area contributed by atoms with Crippen LogP contribution in [0.25, 0.3) is 5.69 Å². The van der Waals surface area contributed by atoms with Gasteiger partial charge in [0.05, 0.1) is 5.69 Å². The van der Waals surface area contributed by atoms with E-state index in [1.54, 1.807) is 4.68 Å². The molecular formula is C15H15ClN4. The van der Waals surface area contributed by atoms with E-state index in [4.69, 9.17) is 5.73 Å². The molecule has 1 aromatic heterocycles. The molecule has 102 valence electrons. The van der Waals surface area contributed by atoms with E-state index in [1.165, 1.54) is 0 Å². The molecule has 0 unspecified atom stereocenters. The molecule has 0 fully saturated rings. The van der Waals surface area contributed by atoms with E-state index in [0.29, 0.717) is 5.82 Å². The van der Waals surface area contributed by atoms with Gasteiger partial charge < -0.3 is 11.1 Å². The maximum Gasteiger partial charge on any atom is 0.155 e. The van der Waals surface area contributed by atoms with Crippen LogP contribution in [0.2, 0.25) is 0 Å². The van der Waals surface area contributed by atoms with Crippen LogP contribution >= 0.6 is 12.4 Å². The zero-order valence-electron chi connectivity index (χ0n) is 10.7. The molecule has 0 aliphatic heterocycles. The topological polar surface area (TPSA) is 55.9 Å². The lowest BCUT2D eigenvalue weighted by atomic mass is 10.3. The number of nitrogen functional groups attached to an aromatic ring is 1. The van der Waals surface area contributed by atoms with Gasteiger partial charge in [0.15, 0.2) is 5.82 Å². The fourth-order valence-electron chi connectivity index (χ4n) is 1.90. The van der Waals surface area contributed by atoms with Gasteiger partial charge in [0.2, 0.25) is 0 Å². The van der Waals surface area contributed by atoms with E-state index in [0.717, 1.165) is 17.2 Å². The first-order valence-corrected chi connectivity index (χ1v) is 6.06. The van der Waals surface area contributed by atoms with Crippen LogP contribution in [0, 0.1) is 0 Å². The molecule has 1 heterocycles. The van der Waals surface area contributed by atoms with Crippen molar-refractivity contribution in [3.05, 3.63) is 66.7 Å². The Morgan fingerprint density at radius 3 is 2.15 bits per heavy atom. The first-order valence-electron chi connectivity index (χ1n) is 6.06. The molecule has 0 radical (unpaired) electrons. The number of nitrogens with zero attached hydrogens (tertiary/aromatic N) is 2. The number of nitrogens with one attached hydrogen (secondary N) is 1. The van der Waals surface area contributed by atoms with Crippen LogP contribution in [0.15, 0.2) is 66.7 Å². The van der Waals surface area contributed by atoms with Gasteiger partial charge in [0.25, 0.3) is 0 Å². The van der Waals surface area contributed by atoms with Gasteiger partial charge in [0.1, 0.15) is 5.82 Å². The summed E-state index contributed by atoms with van der Waals surface area (Å²) in [4.78, 5) is 0. The number of benzene rings is 2. The lowest BCUT2D eigenvalue weighted by Gasteiger charge is -2.03. The number of halogens is 1. The minimum absolute atomic E-state index is 0. The fraction of sp³-hybridized carbons (Fsp3) is 0. The molecule has 20 heavy (non-hydrogen) atoms. The Morgan fingerprint density at radius 2 is 1.50 bits per heavy atom. The van der Waals surface area contributed by atoms with E-state index >= 15 is 0 Å². The van der Waals surface area contributed by atoms with Gasteiger partial charge >= 0.3 is 0 Å². The predicted molar refractivity (Wildman–Crippen MR) is 84.9 cm³/mol. The Balaban J connectivity index is 0.00000147. The number of anilines is 3. The summed E-state index contributed by atoms with van der Waals surface area (Å²) in [6.07, 6.45) is 0. The van der Waals surface area contributed by atoms with E-state index in [2.05, 4.69) is 10.4 Å². The third-order valence-electron chi connectivity index (χ3n) is 2.78. The van der Waals surface area contributed by atoms with Crippen molar-refractivity contribution in [3.8, 4) is 5.69 Å². The van der Waals surface area contributed by atoms with Crippen LogP contribution in [0.4, 0.5) is 17.3 Å². The highest BCUT2D eigenvalue weighted by atomic mass is 35.5. The Hall–Kier alpha value is -2.46. The van der Waals surface area contributed by atoms with Crippen molar-refractivity contribution in [2.75, 3.05) is 11.1 Å². The molecule has 2 aromatic carbocycles. The summed E-state index contributed by atoms with van der Waals surface area (Å²) < 4.78 is 1.71. The van der Waals surface area contributed by atoms with Crippen LogP contribution in [0.1, 0.15) is 0 Å². The van der Waals surface area contributed by atoms with Gasteiger partial charge in [0, 0.05) is 11.8 Å². The molecule has 0 aliphatic carbocycles. The van der Waals surface area contributed by atoms with Gasteiger partial charge in [-0.1, -0.05) is 36.4 Å². The molecule has 0 amide bonds. The van der Waals surface area contributed by atoms with Crippen molar-refractivity contribution in [2.24, 2.45) is 0 Å². The highest BCUT2D eigenvalue weighted by Crippen LogP contribution is 2.20. The van der Waals surface area contributed by atoms with Gasteiger partial charge in [-0.25, -0.2) is 4.68 Å². The van der Waals surface area contributed by atoms with Crippen molar-refractivity contribution < 1.29 is 0 Å². The fourth-order valence-corrected chi connectivity index (χ4v) is 1.90. The third kappa shape index (κ3) is 2.92. The summed E-state index contributed by atoms with van der Waals surface area (Å²) in [5, 5.41) is 7.68. The second-order valence-corrected chi connectivity index (χ2v) is 4.19. The Morgan fingerprint density at radius 1 is 0.900 bits per heavy atom. The monoisotopic (exact) mass is 286 g/mol. The predicted octanol–water partition coefficient (Wildman–Crippen LogP) is 3.62. The molecule has 0 spiro atoms. The number of aromatic nitrogens is 2. The second kappa shape index (κ2) is 6.12. The molecule has 3 N–H and O–H groups in total. The lowest BCUT2D eigenvalue weighted by Crippen LogP contribution is -2.01. The molecule has 0 aliphatic rings. The van der Waals surface area contributed by atoms with E-state index in [1.807, 2.05) is 66.7 Å². The molecule has 0 atom stereocenters. The molecule has 4 nitrogen and oxygen atoms in total. The number of nitrogens with two attached hydrogens (primary N) is 1. The van der Waals surface area contributed by atoms with E-state index in [9.17, 15) is 0 Å². The standard InChI is InChI=1S/C15H14N4.ClH/c16-14-11-15(17-12-7-3-1-4-8-12)18-19(14)13-9-5-2-6-10-13;/h1-11H,16H2,(H,17,18);1H. The zero-order chi connectivity index (χ0) is 13.1. The molecule has 0 saturated heterocycles. The molecule has 3 rings (SSSR count). The largest absolute Gasteiger partial charge is 0.384 e. The van der Waals surface area contributed by atoms with Crippen molar-refractivity contribution in [2.45, 2.75) is 0 Å². The van der Waals surface area contributed by atoms with Crippen molar-refractivity contribution in [1.29, 1.82) is 0 Å². The molecule has 0 bridgehead atoms. The van der Waals surface area contributed by atoms with Crippen LogP contribution in [0.5, 0.6) is 0 Å². The summed E-state index contributed by atoms with van der Waals surface area (Å²) >= 11 is 0. The first kappa shape index (κ1) is 14.0. The molecule has 3 aromatic rings. The Bertz CT molecular complexity index is 665. The van der Waals surface area contributed by atoms with Gasteiger partial charge in [-0.3, -0.25) is 0 Å². The summed E-state index contributed by atoms with van der Waals surface area (Å²) in [5.41, 5.74) is 7.92. The molecule has 5 heteroatoms. The minimum Gasteiger partial charge on any atom is -0.384 e. The molecule has 0 saturated carbocycles. The summed E-state index contributed by atoms with van der Waals surface area (Å²) in [7, 11) is 0. The summed E-state index contributed by atoms with van der Waals surface area (Å²) in [6.45, 7) is 0. The number of para-hydroxylation sites is 2. The Labute approximate surface area is 123 Å². The van der Waals surface area contributed by atoms with Crippen molar-refractivity contribution in [1.82, 2.24) is 9.78 Å². The van der Waals surface area contributed by atoms with Crippen LogP contribution in [0.3, 0.4) is 0 Å². The first-order chi connectivity index (χ1) is 9.33. The van der Waals surface area contributed by atoms with Gasteiger partial charge in [-0.2, -0.15) is 0 Å². The second-order valence-electron chi connectivity index (χ2n) is 4.19. The van der Waals surface area contributed by atoms with Gasteiger partial charge in [-0.15, -0.1) is 17.5 Å². The molecular weight excluding hydrogens is 272 g/mol. The van der Waals surface area contributed by atoms with Crippen LogP contribution in [-0.2, 0) is 0 Å². The van der Waals surface area contributed by atoms with Crippen LogP contribution in [-0.4, -0.2) is 9.78 Å². The number of rotatable bonds is 3. The summed E-state index contributed by atoms with van der Waals surface area (Å²) in [5.74, 6) is 1.33. The average molecular weight is 287 g/mol. The highest BCUT2D eigenvalue weighted by molar-refractivity contribution is 5.85. The lowest BCUT2D eigenvalue weighted by molar-refractivity contribution is 0.895. The van der Waals surface area contributed by atoms with Gasteiger partial charge in [-0.05, 0) is 24.3 Å². The number of hydrogen-bond acceptors (Lipinski definition) is 3. The van der Waals surface area contributed by atoms with E-state index < -0.39 is 0 Å². The minimum atomic E-state index is 0. The SMILES string of the molecule is Cl.Nc1cc(Nc2ccccc2)nn1-c1ccccc1. The highest BCUT2D eigenvalue weighted by Gasteiger charge is 2.06. The van der Waals surface area contributed by atoms with Crippen LogP contribution < -0.4 is 11.1 Å². The normalized spacial score (nSPS) is 9.80. The zero-order valence-corrected chi connectivity index (χ0v) is 11.5. The summed E-state index contributed by atoms with van der Waals surface area (Å²) in [6, 6.07) is 21.5. The van der Waals surface area contributed by atoms with E-state index in [-0.39, 0.29) is 12.4 Å². The maximum absolute atomic E-state index is 5.99. The average Bonchev–Trinajstić information content (AvgIpc) is 2.82.